The van der Waals surface area contributed by atoms with E-state index < -0.39 is 0 Å². The molecule has 3 rings (SSSR count). The third-order valence-corrected chi connectivity index (χ3v) is 4.17. The van der Waals surface area contributed by atoms with E-state index in [1.807, 2.05) is 6.07 Å². The third kappa shape index (κ3) is 2.76. The van der Waals surface area contributed by atoms with Crippen molar-refractivity contribution in [3.05, 3.63) is 33.9 Å². The summed E-state index contributed by atoms with van der Waals surface area (Å²) in [4.78, 5) is 15.3. The van der Waals surface area contributed by atoms with Crippen LogP contribution in [0.25, 0.3) is 0 Å². The Morgan fingerprint density at radius 2 is 2.00 bits per heavy atom. The van der Waals surface area contributed by atoms with Gasteiger partial charge in [-0.2, -0.15) is 0 Å². The SMILES string of the molecule is O=[N+]([O-])c1ccc2c(c1)N(CCN1CCNCC1)CC2. The lowest BCUT2D eigenvalue weighted by molar-refractivity contribution is -0.384. The van der Waals surface area contributed by atoms with Crippen LogP contribution in [0.2, 0.25) is 0 Å². The maximum atomic E-state index is 10.9. The van der Waals surface area contributed by atoms with Crippen LogP contribution in [0.15, 0.2) is 18.2 Å². The highest BCUT2D eigenvalue weighted by atomic mass is 16.6. The molecular formula is C14H20N4O2. The third-order valence-electron chi connectivity index (χ3n) is 4.17. The predicted molar refractivity (Wildman–Crippen MR) is 78.3 cm³/mol. The number of nitro groups is 1. The first-order valence-electron chi connectivity index (χ1n) is 7.19. The minimum atomic E-state index is -0.312. The van der Waals surface area contributed by atoms with Crippen molar-refractivity contribution in [3.8, 4) is 0 Å². The maximum absolute atomic E-state index is 10.9. The Morgan fingerprint density at radius 1 is 1.20 bits per heavy atom. The maximum Gasteiger partial charge on any atom is 0.271 e. The first-order valence-corrected chi connectivity index (χ1v) is 7.19. The molecule has 0 unspecified atom stereocenters. The first kappa shape index (κ1) is 13.3. The van der Waals surface area contributed by atoms with Crippen LogP contribution in [0.4, 0.5) is 11.4 Å². The minimum Gasteiger partial charge on any atom is -0.369 e. The van der Waals surface area contributed by atoms with E-state index in [0.717, 1.165) is 57.9 Å². The highest BCUT2D eigenvalue weighted by Crippen LogP contribution is 2.31. The van der Waals surface area contributed by atoms with Gasteiger partial charge in [0.25, 0.3) is 5.69 Å². The van der Waals surface area contributed by atoms with E-state index in [9.17, 15) is 10.1 Å². The van der Waals surface area contributed by atoms with Crippen molar-refractivity contribution < 1.29 is 4.92 Å². The molecule has 2 aliphatic heterocycles. The van der Waals surface area contributed by atoms with Gasteiger partial charge in [-0.3, -0.25) is 15.0 Å². The standard InChI is InChI=1S/C14H20N4O2/c19-18(20)13-2-1-12-3-6-17(14(12)11-13)10-9-16-7-4-15-5-8-16/h1-2,11,15H,3-10H2. The van der Waals surface area contributed by atoms with E-state index in [1.165, 1.54) is 5.56 Å². The van der Waals surface area contributed by atoms with E-state index >= 15 is 0 Å². The molecule has 0 amide bonds. The van der Waals surface area contributed by atoms with Gasteiger partial charge in [-0.15, -0.1) is 0 Å². The summed E-state index contributed by atoms with van der Waals surface area (Å²) in [6.07, 6.45) is 0.995. The summed E-state index contributed by atoms with van der Waals surface area (Å²) >= 11 is 0. The lowest BCUT2D eigenvalue weighted by Crippen LogP contribution is -2.46. The fraction of sp³-hybridized carbons (Fsp3) is 0.571. The molecule has 2 heterocycles. The molecule has 1 aromatic carbocycles. The molecule has 108 valence electrons. The van der Waals surface area contributed by atoms with Crippen LogP contribution in [0.3, 0.4) is 0 Å². The number of anilines is 1. The molecule has 0 bridgehead atoms. The second-order valence-corrected chi connectivity index (χ2v) is 5.40. The van der Waals surface area contributed by atoms with Gasteiger partial charge in [0.1, 0.15) is 0 Å². The van der Waals surface area contributed by atoms with Crippen LogP contribution in [0.1, 0.15) is 5.56 Å². The first-order chi connectivity index (χ1) is 9.74. The second kappa shape index (κ2) is 5.76. The number of non-ortho nitro benzene ring substituents is 1. The van der Waals surface area contributed by atoms with Crippen LogP contribution in [-0.4, -0.2) is 55.6 Å². The molecule has 6 heteroatoms. The molecule has 1 aromatic rings. The van der Waals surface area contributed by atoms with Crippen LogP contribution in [0, 0.1) is 10.1 Å². The molecule has 2 aliphatic rings. The highest BCUT2D eigenvalue weighted by molar-refractivity contribution is 5.62. The van der Waals surface area contributed by atoms with Crippen molar-refractivity contribution in [1.29, 1.82) is 0 Å². The van der Waals surface area contributed by atoms with Gasteiger partial charge in [-0.1, -0.05) is 6.07 Å². The van der Waals surface area contributed by atoms with Crippen molar-refractivity contribution in [1.82, 2.24) is 10.2 Å². The second-order valence-electron chi connectivity index (χ2n) is 5.40. The monoisotopic (exact) mass is 276 g/mol. The average molecular weight is 276 g/mol. The van der Waals surface area contributed by atoms with E-state index in [0.29, 0.717) is 0 Å². The Kier molecular flexibility index (Phi) is 3.84. The zero-order valence-corrected chi connectivity index (χ0v) is 11.5. The number of nitrogens with zero attached hydrogens (tertiary/aromatic N) is 3. The van der Waals surface area contributed by atoms with Crippen molar-refractivity contribution in [2.24, 2.45) is 0 Å². The van der Waals surface area contributed by atoms with Gasteiger partial charge >= 0.3 is 0 Å². The predicted octanol–water partition coefficient (Wildman–Crippen LogP) is 0.862. The smallest absolute Gasteiger partial charge is 0.271 e. The van der Waals surface area contributed by atoms with Gasteiger partial charge < -0.3 is 10.2 Å². The van der Waals surface area contributed by atoms with Crippen LogP contribution >= 0.6 is 0 Å². The Bertz CT molecular complexity index is 500. The zero-order chi connectivity index (χ0) is 13.9. The van der Waals surface area contributed by atoms with Crippen LogP contribution in [-0.2, 0) is 6.42 Å². The molecule has 6 nitrogen and oxygen atoms in total. The summed E-state index contributed by atoms with van der Waals surface area (Å²) in [6.45, 7) is 7.26. The number of hydrogen-bond donors (Lipinski definition) is 1. The summed E-state index contributed by atoms with van der Waals surface area (Å²) < 4.78 is 0. The van der Waals surface area contributed by atoms with Gasteiger partial charge in [0, 0.05) is 63.6 Å². The molecule has 0 atom stereocenters. The van der Waals surface area contributed by atoms with Crippen molar-refractivity contribution >= 4 is 11.4 Å². The molecule has 0 aliphatic carbocycles. The average Bonchev–Trinajstić information content (AvgIpc) is 2.88. The topological polar surface area (TPSA) is 61.7 Å². The summed E-state index contributed by atoms with van der Waals surface area (Å²) in [5.74, 6) is 0. The van der Waals surface area contributed by atoms with E-state index in [2.05, 4.69) is 15.1 Å². The number of nitro benzene ring substituents is 1. The molecule has 0 aromatic heterocycles. The van der Waals surface area contributed by atoms with Gasteiger partial charge in [0.05, 0.1) is 4.92 Å². The van der Waals surface area contributed by atoms with Gasteiger partial charge in [0.2, 0.25) is 0 Å². The highest BCUT2D eigenvalue weighted by Gasteiger charge is 2.22. The molecule has 0 radical (unpaired) electrons. The summed E-state index contributed by atoms with van der Waals surface area (Å²) in [5.41, 5.74) is 2.48. The fourth-order valence-corrected chi connectivity index (χ4v) is 2.98. The molecular weight excluding hydrogens is 256 g/mol. The number of fused-ring (bicyclic) bond motifs is 1. The molecule has 1 N–H and O–H groups in total. The molecule has 20 heavy (non-hydrogen) atoms. The minimum absolute atomic E-state index is 0.192. The van der Waals surface area contributed by atoms with E-state index in [-0.39, 0.29) is 10.6 Å². The van der Waals surface area contributed by atoms with Crippen LogP contribution < -0.4 is 10.2 Å². The molecule has 1 saturated heterocycles. The van der Waals surface area contributed by atoms with E-state index in [4.69, 9.17) is 0 Å². The lowest BCUT2D eigenvalue weighted by Gasteiger charge is -2.29. The largest absolute Gasteiger partial charge is 0.369 e. The molecule has 0 spiro atoms. The van der Waals surface area contributed by atoms with Crippen molar-refractivity contribution in [3.63, 3.8) is 0 Å². The van der Waals surface area contributed by atoms with Gasteiger partial charge in [-0.25, -0.2) is 0 Å². The van der Waals surface area contributed by atoms with E-state index in [1.54, 1.807) is 12.1 Å². The Hall–Kier alpha value is -1.66. The van der Waals surface area contributed by atoms with Crippen molar-refractivity contribution in [2.45, 2.75) is 6.42 Å². The summed E-state index contributed by atoms with van der Waals surface area (Å²) in [5, 5.41) is 14.2. The van der Waals surface area contributed by atoms with Gasteiger partial charge in [0.15, 0.2) is 0 Å². The number of nitrogens with one attached hydrogen (secondary N) is 1. The number of hydrogen-bond acceptors (Lipinski definition) is 5. The number of piperazine rings is 1. The normalized spacial score (nSPS) is 19.1. The number of rotatable bonds is 4. The van der Waals surface area contributed by atoms with Crippen LogP contribution in [0.5, 0.6) is 0 Å². The zero-order valence-electron chi connectivity index (χ0n) is 11.5. The summed E-state index contributed by atoms with van der Waals surface area (Å²) in [7, 11) is 0. The Labute approximate surface area is 118 Å². The van der Waals surface area contributed by atoms with Gasteiger partial charge in [-0.05, 0) is 12.0 Å². The van der Waals surface area contributed by atoms with Crippen molar-refractivity contribution in [2.75, 3.05) is 50.7 Å². The Balaban J connectivity index is 1.65. The quantitative estimate of drug-likeness (QED) is 0.653. The molecule has 1 fully saturated rings. The fourth-order valence-electron chi connectivity index (χ4n) is 2.98. The lowest BCUT2D eigenvalue weighted by atomic mass is 10.1. The summed E-state index contributed by atoms with van der Waals surface area (Å²) in [6, 6.07) is 5.23. The molecule has 0 saturated carbocycles. The number of benzene rings is 1. The Morgan fingerprint density at radius 3 is 2.75 bits per heavy atom.